The fourth-order valence-corrected chi connectivity index (χ4v) is 1.49. The SMILES string of the molecule is CC(C)c1ncc2c(n1)C(=O)CC2. The van der Waals surface area contributed by atoms with Crippen molar-refractivity contribution in [2.24, 2.45) is 0 Å². The zero-order valence-corrected chi connectivity index (χ0v) is 7.87. The van der Waals surface area contributed by atoms with E-state index in [2.05, 4.69) is 9.97 Å². The van der Waals surface area contributed by atoms with Crippen LogP contribution in [0.1, 0.15) is 48.1 Å². The van der Waals surface area contributed by atoms with Crippen molar-refractivity contribution in [2.75, 3.05) is 0 Å². The first-order valence-corrected chi connectivity index (χ1v) is 4.57. The first kappa shape index (κ1) is 8.35. The van der Waals surface area contributed by atoms with Crippen molar-refractivity contribution < 1.29 is 4.79 Å². The van der Waals surface area contributed by atoms with Crippen molar-refractivity contribution in [3.8, 4) is 0 Å². The highest BCUT2D eigenvalue weighted by Gasteiger charge is 2.22. The van der Waals surface area contributed by atoms with Gasteiger partial charge in [0, 0.05) is 24.1 Å². The van der Waals surface area contributed by atoms with E-state index in [-0.39, 0.29) is 5.78 Å². The minimum Gasteiger partial charge on any atom is -0.292 e. The van der Waals surface area contributed by atoms with Crippen LogP contribution in [-0.2, 0) is 6.42 Å². The number of nitrogens with zero attached hydrogens (tertiary/aromatic N) is 2. The molecule has 0 aliphatic heterocycles. The maximum Gasteiger partial charge on any atom is 0.181 e. The molecule has 1 aromatic heterocycles. The van der Waals surface area contributed by atoms with Gasteiger partial charge in [0.05, 0.1) is 0 Å². The van der Waals surface area contributed by atoms with Gasteiger partial charge in [0.25, 0.3) is 0 Å². The molecule has 13 heavy (non-hydrogen) atoms. The highest BCUT2D eigenvalue weighted by atomic mass is 16.1. The average molecular weight is 176 g/mol. The Morgan fingerprint density at radius 3 is 2.85 bits per heavy atom. The molecule has 0 bridgehead atoms. The number of aromatic nitrogens is 2. The van der Waals surface area contributed by atoms with E-state index < -0.39 is 0 Å². The highest BCUT2D eigenvalue weighted by molar-refractivity contribution is 5.98. The van der Waals surface area contributed by atoms with Crippen LogP contribution in [-0.4, -0.2) is 15.8 Å². The molecule has 0 aromatic carbocycles. The lowest BCUT2D eigenvalue weighted by Crippen LogP contribution is -2.03. The van der Waals surface area contributed by atoms with Gasteiger partial charge in [-0.2, -0.15) is 0 Å². The number of Topliss-reactive ketones (excluding diaryl/α,β-unsaturated/α-hetero) is 1. The Bertz CT molecular complexity index is 358. The molecule has 0 amide bonds. The summed E-state index contributed by atoms with van der Waals surface area (Å²) in [4.78, 5) is 19.8. The standard InChI is InChI=1S/C10H12N2O/c1-6(2)10-11-5-7-3-4-8(13)9(7)12-10/h5-6H,3-4H2,1-2H3. The topological polar surface area (TPSA) is 42.9 Å². The average Bonchev–Trinajstić information content (AvgIpc) is 2.47. The normalized spacial score (nSPS) is 15.2. The van der Waals surface area contributed by atoms with Crippen molar-refractivity contribution in [3.63, 3.8) is 0 Å². The van der Waals surface area contributed by atoms with E-state index in [4.69, 9.17) is 0 Å². The maximum atomic E-state index is 11.4. The molecule has 0 spiro atoms. The molecule has 0 radical (unpaired) electrons. The third-order valence-corrected chi connectivity index (χ3v) is 2.29. The number of ketones is 1. The van der Waals surface area contributed by atoms with Crippen LogP contribution >= 0.6 is 0 Å². The molecule has 0 atom stereocenters. The predicted octanol–water partition coefficient (Wildman–Crippen LogP) is 1.73. The minimum absolute atomic E-state index is 0.166. The van der Waals surface area contributed by atoms with Gasteiger partial charge in [0.2, 0.25) is 0 Å². The van der Waals surface area contributed by atoms with E-state index in [0.717, 1.165) is 17.8 Å². The van der Waals surface area contributed by atoms with Crippen molar-refractivity contribution in [1.29, 1.82) is 0 Å². The fraction of sp³-hybridized carbons (Fsp3) is 0.500. The Morgan fingerprint density at radius 2 is 2.15 bits per heavy atom. The molecule has 1 aliphatic carbocycles. The van der Waals surface area contributed by atoms with Gasteiger partial charge in [0.1, 0.15) is 11.5 Å². The number of aryl methyl sites for hydroxylation is 1. The number of carbonyl (C=O) groups is 1. The molecule has 2 rings (SSSR count). The van der Waals surface area contributed by atoms with Crippen LogP contribution in [0.25, 0.3) is 0 Å². The molecule has 0 saturated heterocycles. The van der Waals surface area contributed by atoms with Crippen LogP contribution in [0.4, 0.5) is 0 Å². The summed E-state index contributed by atoms with van der Waals surface area (Å²) in [5, 5.41) is 0. The number of hydrogen-bond acceptors (Lipinski definition) is 3. The van der Waals surface area contributed by atoms with Crippen LogP contribution in [0.5, 0.6) is 0 Å². The minimum atomic E-state index is 0.166. The lowest BCUT2D eigenvalue weighted by Gasteiger charge is -2.04. The monoisotopic (exact) mass is 176 g/mol. The quantitative estimate of drug-likeness (QED) is 0.654. The second-order valence-corrected chi connectivity index (χ2v) is 3.68. The summed E-state index contributed by atoms with van der Waals surface area (Å²) in [5.41, 5.74) is 1.66. The van der Waals surface area contributed by atoms with E-state index in [9.17, 15) is 4.79 Å². The molecule has 0 saturated carbocycles. The first-order valence-electron chi connectivity index (χ1n) is 4.57. The van der Waals surface area contributed by atoms with Crippen molar-refractivity contribution in [2.45, 2.75) is 32.6 Å². The van der Waals surface area contributed by atoms with Crippen molar-refractivity contribution in [1.82, 2.24) is 9.97 Å². The summed E-state index contributed by atoms with van der Waals surface area (Å²) < 4.78 is 0. The number of carbonyl (C=O) groups excluding carboxylic acids is 1. The third-order valence-electron chi connectivity index (χ3n) is 2.29. The summed E-state index contributed by atoms with van der Waals surface area (Å²) in [7, 11) is 0. The van der Waals surface area contributed by atoms with Gasteiger partial charge in [-0.1, -0.05) is 13.8 Å². The molecule has 0 unspecified atom stereocenters. The van der Waals surface area contributed by atoms with Crippen LogP contribution in [0.2, 0.25) is 0 Å². The molecule has 0 fully saturated rings. The molecule has 1 aliphatic rings. The van der Waals surface area contributed by atoms with Gasteiger partial charge >= 0.3 is 0 Å². The third kappa shape index (κ3) is 1.34. The fourth-order valence-electron chi connectivity index (χ4n) is 1.49. The summed E-state index contributed by atoms with van der Waals surface area (Å²) in [6.07, 6.45) is 3.21. The zero-order chi connectivity index (χ0) is 9.42. The first-order chi connectivity index (χ1) is 6.18. The lowest BCUT2D eigenvalue weighted by molar-refractivity contribution is 0.0990. The highest BCUT2D eigenvalue weighted by Crippen LogP contribution is 2.20. The Kier molecular flexibility index (Phi) is 1.87. The Balaban J connectivity index is 2.48. The van der Waals surface area contributed by atoms with E-state index in [1.165, 1.54) is 0 Å². The van der Waals surface area contributed by atoms with E-state index in [0.29, 0.717) is 18.0 Å². The molecule has 1 heterocycles. The lowest BCUT2D eigenvalue weighted by atomic mass is 10.2. The zero-order valence-electron chi connectivity index (χ0n) is 7.87. The molecule has 68 valence electrons. The molecular weight excluding hydrogens is 164 g/mol. The Hall–Kier alpha value is -1.25. The van der Waals surface area contributed by atoms with Crippen LogP contribution < -0.4 is 0 Å². The Labute approximate surface area is 77.2 Å². The predicted molar refractivity (Wildman–Crippen MR) is 48.8 cm³/mol. The number of rotatable bonds is 1. The van der Waals surface area contributed by atoms with E-state index >= 15 is 0 Å². The second kappa shape index (κ2) is 2.91. The summed E-state index contributed by atoms with van der Waals surface area (Å²) in [5.74, 6) is 1.23. The van der Waals surface area contributed by atoms with Crippen molar-refractivity contribution >= 4 is 5.78 Å². The number of hydrogen-bond donors (Lipinski definition) is 0. The molecule has 0 N–H and O–H groups in total. The van der Waals surface area contributed by atoms with Crippen LogP contribution in [0, 0.1) is 0 Å². The van der Waals surface area contributed by atoms with Gasteiger partial charge in [-0.3, -0.25) is 4.79 Å². The van der Waals surface area contributed by atoms with Crippen LogP contribution in [0.3, 0.4) is 0 Å². The van der Waals surface area contributed by atoms with Crippen LogP contribution in [0.15, 0.2) is 6.20 Å². The number of fused-ring (bicyclic) bond motifs is 1. The van der Waals surface area contributed by atoms with E-state index in [1.807, 2.05) is 13.8 Å². The Morgan fingerprint density at radius 1 is 1.38 bits per heavy atom. The van der Waals surface area contributed by atoms with Gasteiger partial charge < -0.3 is 0 Å². The summed E-state index contributed by atoms with van der Waals surface area (Å²) in [6, 6.07) is 0. The molecule has 3 nitrogen and oxygen atoms in total. The van der Waals surface area contributed by atoms with Gasteiger partial charge in [-0.05, 0) is 6.42 Å². The summed E-state index contributed by atoms with van der Waals surface area (Å²) in [6.45, 7) is 4.06. The van der Waals surface area contributed by atoms with Gasteiger partial charge in [-0.25, -0.2) is 9.97 Å². The molecule has 1 aromatic rings. The summed E-state index contributed by atoms with van der Waals surface area (Å²) >= 11 is 0. The van der Waals surface area contributed by atoms with Crippen molar-refractivity contribution in [3.05, 3.63) is 23.3 Å². The van der Waals surface area contributed by atoms with Gasteiger partial charge in [0.15, 0.2) is 5.78 Å². The van der Waals surface area contributed by atoms with Gasteiger partial charge in [-0.15, -0.1) is 0 Å². The molecular formula is C10H12N2O. The second-order valence-electron chi connectivity index (χ2n) is 3.68. The molecule has 3 heteroatoms. The maximum absolute atomic E-state index is 11.4. The largest absolute Gasteiger partial charge is 0.292 e. The smallest absolute Gasteiger partial charge is 0.181 e. The van der Waals surface area contributed by atoms with E-state index in [1.54, 1.807) is 6.20 Å².